The summed E-state index contributed by atoms with van der Waals surface area (Å²) in [6.45, 7) is 0. The highest BCUT2D eigenvalue weighted by molar-refractivity contribution is 5.68. The Hall–Kier alpha value is -1.96. The molecular weight excluding hydrogens is 196 g/mol. The van der Waals surface area contributed by atoms with Crippen molar-refractivity contribution in [2.75, 3.05) is 0 Å². The van der Waals surface area contributed by atoms with Gasteiger partial charge in [0, 0.05) is 17.7 Å². The first-order chi connectivity index (χ1) is 7.86. The minimum atomic E-state index is 0.312. The highest BCUT2D eigenvalue weighted by atomic mass is 14.9. The lowest BCUT2D eigenvalue weighted by Crippen LogP contribution is -2.28. The van der Waals surface area contributed by atoms with Crippen LogP contribution in [0.5, 0.6) is 0 Å². The van der Waals surface area contributed by atoms with Crippen LogP contribution in [0.15, 0.2) is 54.8 Å². The van der Waals surface area contributed by atoms with E-state index in [4.69, 9.17) is 5.73 Å². The maximum Gasteiger partial charge on any atom is 0.0550 e. The molecule has 0 fully saturated rings. The van der Waals surface area contributed by atoms with Gasteiger partial charge in [0.05, 0.1) is 11.7 Å². The lowest BCUT2D eigenvalue weighted by atomic mass is 9.86. The van der Waals surface area contributed by atoms with Gasteiger partial charge in [-0.25, -0.2) is 0 Å². The van der Waals surface area contributed by atoms with Gasteiger partial charge in [0.15, 0.2) is 0 Å². The molecule has 1 aliphatic carbocycles. The van der Waals surface area contributed by atoms with Crippen molar-refractivity contribution in [1.29, 1.82) is 0 Å². The fourth-order valence-electron chi connectivity index (χ4n) is 2.38. The summed E-state index contributed by atoms with van der Waals surface area (Å²) >= 11 is 0. The van der Waals surface area contributed by atoms with Crippen LogP contribution in [0.4, 0.5) is 0 Å². The van der Waals surface area contributed by atoms with Crippen LogP contribution in [0, 0.1) is 0 Å². The van der Waals surface area contributed by atoms with Crippen LogP contribution >= 0.6 is 0 Å². The Bertz CT molecular complexity index is 497. The SMILES string of the molecule is NC1=CNC2C=CC=CC2c2ccccc21. The first-order valence-corrected chi connectivity index (χ1v) is 5.52. The van der Waals surface area contributed by atoms with E-state index in [1.54, 1.807) is 0 Å². The molecule has 0 saturated heterocycles. The Morgan fingerprint density at radius 1 is 1.06 bits per heavy atom. The van der Waals surface area contributed by atoms with Crippen LogP contribution in [-0.2, 0) is 0 Å². The van der Waals surface area contributed by atoms with E-state index in [-0.39, 0.29) is 0 Å². The molecule has 1 aliphatic heterocycles. The number of benzene rings is 1. The number of rotatable bonds is 0. The molecule has 0 amide bonds. The van der Waals surface area contributed by atoms with Crippen molar-refractivity contribution in [3.05, 3.63) is 65.9 Å². The van der Waals surface area contributed by atoms with E-state index in [2.05, 4.69) is 47.8 Å². The zero-order chi connectivity index (χ0) is 11.0. The Kier molecular flexibility index (Phi) is 2.07. The maximum atomic E-state index is 6.05. The lowest BCUT2D eigenvalue weighted by molar-refractivity contribution is 0.633. The summed E-state index contributed by atoms with van der Waals surface area (Å²) in [5.74, 6) is 0.374. The fraction of sp³-hybridized carbons (Fsp3) is 0.143. The quantitative estimate of drug-likeness (QED) is 0.688. The number of fused-ring (bicyclic) bond motifs is 3. The minimum Gasteiger partial charge on any atom is -0.397 e. The summed E-state index contributed by atoms with van der Waals surface area (Å²) in [7, 11) is 0. The molecule has 0 spiro atoms. The van der Waals surface area contributed by atoms with Gasteiger partial charge in [-0.3, -0.25) is 0 Å². The van der Waals surface area contributed by atoms with Crippen molar-refractivity contribution in [1.82, 2.24) is 5.32 Å². The van der Waals surface area contributed by atoms with Gasteiger partial charge in [0.1, 0.15) is 0 Å². The predicted molar refractivity (Wildman–Crippen MR) is 66.6 cm³/mol. The first-order valence-electron chi connectivity index (χ1n) is 5.52. The Morgan fingerprint density at radius 2 is 1.88 bits per heavy atom. The van der Waals surface area contributed by atoms with E-state index < -0.39 is 0 Å². The molecule has 2 aliphatic rings. The Balaban J connectivity index is 2.17. The molecule has 0 radical (unpaired) electrons. The van der Waals surface area contributed by atoms with E-state index in [0.29, 0.717) is 12.0 Å². The molecule has 2 heteroatoms. The van der Waals surface area contributed by atoms with Gasteiger partial charge in [-0.05, 0) is 5.56 Å². The van der Waals surface area contributed by atoms with Gasteiger partial charge in [-0.2, -0.15) is 0 Å². The van der Waals surface area contributed by atoms with Crippen molar-refractivity contribution < 1.29 is 0 Å². The normalized spacial score (nSPS) is 26.1. The molecule has 16 heavy (non-hydrogen) atoms. The standard InChI is InChI=1S/C14H14N2/c15-13-9-16-14-8-4-3-7-12(14)10-5-1-2-6-11(10)13/h1-9,12,14,16H,15H2. The van der Waals surface area contributed by atoms with Crippen LogP contribution in [0.1, 0.15) is 17.0 Å². The smallest absolute Gasteiger partial charge is 0.0550 e. The molecule has 1 aromatic carbocycles. The number of nitrogens with two attached hydrogens (primary N) is 1. The van der Waals surface area contributed by atoms with Gasteiger partial charge in [0.2, 0.25) is 0 Å². The fourth-order valence-corrected chi connectivity index (χ4v) is 2.38. The lowest BCUT2D eigenvalue weighted by Gasteiger charge is -2.23. The van der Waals surface area contributed by atoms with Crippen molar-refractivity contribution in [2.24, 2.45) is 5.73 Å². The van der Waals surface area contributed by atoms with Crippen molar-refractivity contribution in [3.63, 3.8) is 0 Å². The average molecular weight is 210 g/mol. The summed E-state index contributed by atoms with van der Waals surface area (Å²) in [4.78, 5) is 0. The molecule has 3 rings (SSSR count). The third-order valence-corrected chi connectivity index (χ3v) is 3.20. The van der Waals surface area contributed by atoms with E-state index in [1.807, 2.05) is 12.3 Å². The van der Waals surface area contributed by atoms with Crippen LogP contribution in [0.3, 0.4) is 0 Å². The molecule has 1 heterocycles. The van der Waals surface area contributed by atoms with Gasteiger partial charge in [-0.15, -0.1) is 0 Å². The van der Waals surface area contributed by atoms with Gasteiger partial charge < -0.3 is 11.1 Å². The zero-order valence-corrected chi connectivity index (χ0v) is 8.93. The van der Waals surface area contributed by atoms with Crippen molar-refractivity contribution >= 4 is 5.70 Å². The Morgan fingerprint density at radius 3 is 2.81 bits per heavy atom. The molecule has 80 valence electrons. The summed E-state index contributed by atoms with van der Waals surface area (Å²) in [5.41, 5.74) is 9.30. The van der Waals surface area contributed by atoms with Gasteiger partial charge >= 0.3 is 0 Å². The topological polar surface area (TPSA) is 38.0 Å². The molecule has 1 aromatic rings. The second-order valence-electron chi connectivity index (χ2n) is 4.17. The molecule has 0 aromatic heterocycles. The predicted octanol–water partition coefficient (Wildman–Crippen LogP) is 2.13. The second kappa shape index (κ2) is 3.56. The molecule has 3 N–H and O–H groups in total. The van der Waals surface area contributed by atoms with E-state index >= 15 is 0 Å². The summed E-state index contributed by atoms with van der Waals surface area (Å²) in [6, 6.07) is 8.65. The molecule has 0 saturated carbocycles. The number of allylic oxidation sites excluding steroid dienone is 2. The van der Waals surface area contributed by atoms with Crippen molar-refractivity contribution in [2.45, 2.75) is 12.0 Å². The minimum absolute atomic E-state index is 0.312. The van der Waals surface area contributed by atoms with E-state index in [1.165, 1.54) is 5.56 Å². The molecule has 2 nitrogen and oxygen atoms in total. The molecule has 2 unspecified atom stereocenters. The molecule has 2 atom stereocenters. The first kappa shape index (κ1) is 9.28. The number of hydrogen-bond acceptors (Lipinski definition) is 2. The van der Waals surface area contributed by atoms with Crippen LogP contribution in [0.25, 0.3) is 5.70 Å². The number of nitrogens with one attached hydrogen (secondary N) is 1. The number of hydrogen-bond donors (Lipinski definition) is 2. The van der Waals surface area contributed by atoms with Crippen LogP contribution in [-0.4, -0.2) is 6.04 Å². The highest BCUT2D eigenvalue weighted by Gasteiger charge is 2.24. The van der Waals surface area contributed by atoms with Crippen LogP contribution in [0.2, 0.25) is 0 Å². The van der Waals surface area contributed by atoms with Gasteiger partial charge in [0.25, 0.3) is 0 Å². The summed E-state index contributed by atoms with van der Waals surface area (Å²) in [6.07, 6.45) is 10.5. The van der Waals surface area contributed by atoms with Crippen LogP contribution < -0.4 is 11.1 Å². The van der Waals surface area contributed by atoms with Crippen molar-refractivity contribution in [3.8, 4) is 0 Å². The van der Waals surface area contributed by atoms with Gasteiger partial charge in [-0.1, -0.05) is 48.6 Å². The molecular formula is C14H14N2. The third-order valence-electron chi connectivity index (χ3n) is 3.20. The largest absolute Gasteiger partial charge is 0.397 e. The summed E-state index contributed by atoms with van der Waals surface area (Å²) in [5, 5.41) is 3.36. The molecule has 0 bridgehead atoms. The third kappa shape index (κ3) is 1.34. The Labute approximate surface area is 95.2 Å². The monoisotopic (exact) mass is 210 g/mol. The zero-order valence-electron chi connectivity index (χ0n) is 8.93. The summed E-state index contributed by atoms with van der Waals surface area (Å²) < 4.78 is 0. The maximum absolute atomic E-state index is 6.05. The van der Waals surface area contributed by atoms with E-state index in [9.17, 15) is 0 Å². The highest BCUT2D eigenvalue weighted by Crippen LogP contribution is 2.32. The average Bonchev–Trinajstić information content (AvgIpc) is 2.49. The van der Waals surface area contributed by atoms with E-state index in [0.717, 1.165) is 11.3 Å². The second-order valence-corrected chi connectivity index (χ2v) is 4.17.